The molecule has 0 radical (unpaired) electrons. The quantitative estimate of drug-likeness (QED) is 0.633. The summed E-state index contributed by atoms with van der Waals surface area (Å²) in [5.74, 6) is 1.26. The molecule has 0 N–H and O–H groups in total. The van der Waals surface area contributed by atoms with Gasteiger partial charge in [0.1, 0.15) is 23.3 Å². The number of hydrogen-bond donors (Lipinski definition) is 0. The van der Waals surface area contributed by atoms with Gasteiger partial charge in [-0.3, -0.25) is 9.69 Å². The fourth-order valence-corrected chi connectivity index (χ4v) is 3.01. The van der Waals surface area contributed by atoms with Gasteiger partial charge in [0, 0.05) is 33.7 Å². The van der Waals surface area contributed by atoms with E-state index < -0.39 is 0 Å². The molecule has 3 heterocycles. The lowest BCUT2D eigenvalue weighted by Gasteiger charge is -2.25. The fourth-order valence-electron chi connectivity index (χ4n) is 3.01. The minimum Gasteiger partial charge on any atom is -0.467 e. The van der Waals surface area contributed by atoms with Crippen LogP contribution in [-0.2, 0) is 14.3 Å². The van der Waals surface area contributed by atoms with Gasteiger partial charge in [0.05, 0.1) is 32.3 Å². The van der Waals surface area contributed by atoms with Crippen molar-refractivity contribution in [2.24, 2.45) is 5.10 Å². The molecule has 0 spiro atoms. The Hall–Kier alpha value is -2.42. The van der Waals surface area contributed by atoms with Crippen LogP contribution in [0.2, 0.25) is 0 Å². The molecule has 0 aliphatic carbocycles. The van der Waals surface area contributed by atoms with E-state index >= 15 is 0 Å². The molecule has 0 saturated carbocycles. The molecule has 2 aromatic rings. The number of carbonyl (C=O) groups excluding carboxylic acids is 1. The van der Waals surface area contributed by atoms with E-state index in [0.29, 0.717) is 44.2 Å². The van der Waals surface area contributed by atoms with Gasteiger partial charge >= 0.3 is 0 Å². The summed E-state index contributed by atoms with van der Waals surface area (Å²) in [6, 6.07) is 7.04. The minimum absolute atomic E-state index is 0.106. The van der Waals surface area contributed by atoms with E-state index in [1.54, 1.807) is 26.7 Å². The van der Waals surface area contributed by atoms with E-state index in [4.69, 9.17) is 18.3 Å². The number of methoxy groups -OCH3 is 2. The summed E-state index contributed by atoms with van der Waals surface area (Å²) < 4.78 is 21.3. The van der Waals surface area contributed by atoms with Crippen LogP contribution in [0.15, 0.2) is 50.7 Å². The number of nitrogens with zero attached hydrogens (tertiary/aromatic N) is 3. The number of hydrazone groups is 1. The Balaban J connectivity index is 1.75. The minimum atomic E-state index is -0.278. The average molecular weight is 375 g/mol. The van der Waals surface area contributed by atoms with Crippen molar-refractivity contribution in [3.63, 3.8) is 0 Å². The molecule has 8 nitrogen and oxygen atoms in total. The summed E-state index contributed by atoms with van der Waals surface area (Å²) in [5, 5.41) is 6.04. The lowest BCUT2D eigenvalue weighted by atomic mass is 10.1. The maximum absolute atomic E-state index is 13.0. The maximum atomic E-state index is 13.0. The van der Waals surface area contributed by atoms with Crippen molar-refractivity contribution < 1.29 is 23.1 Å². The van der Waals surface area contributed by atoms with Gasteiger partial charge in [-0.25, -0.2) is 5.01 Å². The predicted octanol–water partition coefficient (Wildman–Crippen LogP) is 2.15. The molecule has 1 aliphatic heterocycles. The molecular weight excluding hydrogens is 350 g/mol. The molecule has 1 amide bonds. The molecule has 2 aromatic heterocycles. The Morgan fingerprint density at radius 1 is 1.19 bits per heavy atom. The second kappa shape index (κ2) is 9.50. The number of hydrogen-bond acceptors (Lipinski definition) is 7. The normalized spacial score (nSPS) is 16.9. The topological polar surface area (TPSA) is 80.7 Å². The SMILES string of the molecule is COCCN(CCOC)CC(=O)N1N=C(c2ccco2)CC1c1ccco1. The third kappa shape index (κ3) is 4.85. The molecule has 146 valence electrons. The van der Waals surface area contributed by atoms with Gasteiger partial charge in [-0.05, 0) is 24.3 Å². The van der Waals surface area contributed by atoms with Gasteiger partial charge in [0.2, 0.25) is 0 Å². The van der Waals surface area contributed by atoms with Crippen molar-refractivity contribution in [2.45, 2.75) is 12.5 Å². The molecule has 1 aliphatic rings. The highest BCUT2D eigenvalue weighted by Gasteiger charge is 2.36. The third-order valence-corrected chi connectivity index (χ3v) is 4.43. The summed E-state index contributed by atoms with van der Waals surface area (Å²) in [5.41, 5.74) is 0.732. The van der Waals surface area contributed by atoms with Crippen molar-refractivity contribution in [2.75, 3.05) is 47.1 Å². The number of rotatable bonds is 10. The average Bonchev–Trinajstić information content (AvgIpc) is 3.42. The molecule has 0 fully saturated rings. The molecule has 1 atom stereocenters. The molecule has 0 aromatic carbocycles. The smallest absolute Gasteiger partial charge is 0.257 e. The van der Waals surface area contributed by atoms with E-state index in [1.165, 1.54) is 5.01 Å². The number of ether oxygens (including phenoxy) is 2. The third-order valence-electron chi connectivity index (χ3n) is 4.43. The number of furan rings is 2. The molecule has 1 unspecified atom stereocenters. The first-order chi connectivity index (χ1) is 13.2. The van der Waals surface area contributed by atoms with Crippen LogP contribution in [0, 0.1) is 0 Å². The first-order valence-corrected chi connectivity index (χ1v) is 8.90. The molecule has 27 heavy (non-hydrogen) atoms. The van der Waals surface area contributed by atoms with Crippen LogP contribution in [0.5, 0.6) is 0 Å². The highest BCUT2D eigenvalue weighted by Crippen LogP contribution is 2.33. The van der Waals surface area contributed by atoms with E-state index in [-0.39, 0.29) is 18.5 Å². The van der Waals surface area contributed by atoms with Gasteiger partial charge in [-0.15, -0.1) is 0 Å². The second-order valence-corrected chi connectivity index (χ2v) is 6.26. The monoisotopic (exact) mass is 375 g/mol. The van der Waals surface area contributed by atoms with Crippen molar-refractivity contribution in [3.05, 3.63) is 48.3 Å². The summed E-state index contributed by atoms with van der Waals surface area (Å²) >= 11 is 0. The Morgan fingerprint density at radius 2 is 1.89 bits per heavy atom. The van der Waals surface area contributed by atoms with Crippen molar-refractivity contribution >= 4 is 11.6 Å². The van der Waals surface area contributed by atoms with Crippen LogP contribution in [-0.4, -0.2) is 68.6 Å². The van der Waals surface area contributed by atoms with Crippen LogP contribution in [0.25, 0.3) is 0 Å². The van der Waals surface area contributed by atoms with Crippen LogP contribution in [0.1, 0.15) is 24.0 Å². The Labute approximate surface area is 158 Å². The van der Waals surface area contributed by atoms with Gasteiger partial charge < -0.3 is 18.3 Å². The highest BCUT2D eigenvalue weighted by atomic mass is 16.5. The van der Waals surface area contributed by atoms with Gasteiger partial charge in [0.25, 0.3) is 5.91 Å². The zero-order chi connectivity index (χ0) is 19.1. The number of carbonyl (C=O) groups is 1. The second-order valence-electron chi connectivity index (χ2n) is 6.26. The molecular formula is C19H25N3O5. The van der Waals surface area contributed by atoms with E-state index in [1.807, 2.05) is 29.2 Å². The lowest BCUT2D eigenvalue weighted by Crippen LogP contribution is -2.41. The van der Waals surface area contributed by atoms with Gasteiger partial charge in [0.15, 0.2) is 0 Å². The number of amides is 1. The summed E-state index contributed by atoms with van der Waals surface area (Å²) in [6.07, 6.45) is 3.75. The van der Waals surface area contributed by atoms with Crippen molar-refractivity contribution in [1.82, 2.24) is 9.91 Å². The van der Waals surface area contributed by atoms with E-state index in [2.05, 4.69) is 5.10 Å². The largest absolute Gasteiger partial charge is 0.467 e. The van der Waals surface area contributed by atoms with E-state index in [0.717, 1.165) is 5.71 Å². The van der Waals surface area contributed by atoms with Gasteiger partial charge in [-0.1, -0.05) is 0 Å². The zero-order valence-corrected chi connectivity index (χ0v) is 15.7. The Morgan fingerprint density at radius 3 is 2.48 bits per heavy atom. The molecule has 0 saturated heterocycles. The van der Waals surface area contributed by atoms with Crippen LogP contribution < -0.4 is 0 Å². The first-order valence-electron chi connectivity index (χ1n) is 8.90. The summed E-state index contributed by atoms with van der Waals surface area (Å²) in [4.78, 5) is 15.0. The summed E-state index contributed by atoms with van der Waals surface area (Å²) in [7, 11) is 3.29. The van der Waals surface area contributed by atoms with Crippen LogP contribution >= 0.6 is 0 Å². The highest BCUT2D eigenvalue weighted by molar-refractivity contribution is 6.01. The van der Waals surface area contributed by atoms with Crippen molar-refractivity contribution in [3.8, 4) is 0 Å². The Kier molecular flexibility index (Phi) is 6.80. The zero-order valence-electron chi connectivity index (χ0n) is 15.7. The van der Waals surface area contributed by atoms with Crippen LogP contribution in [0.4, 0.5) is 0 Å². The first kappa shape index (κ1) is 19.3. The molecule has 3 rings (SSSR count). The van der Waals surface area contributed by atoms with Gasteiger partial charge in [-0.2, -0.15) is 5.10 Å². The Bertz CT molecular complexity index is 719. The molecule has 8 heteroatoms. The van der Waals surface area contributed by atoms with Crippen molar-refractivity contribution in [1.29, 1.82) is 0 Å². The predicted molar refractivity (Wildman–Crippen MR) is 98.3 cm³/mol. The van der Waals surface area contributed by atoms with Crippen LogP contribution in [0.3, 0.4) is 0 Å². The van der Waals surface area contributed by atoms with E-state index in [9.17, 15) is 4.79 Å². The lowest BCUT2D eigenvalue weighted by molar-refractivity contribution is -0.134. The maximum Gasteiger partial charge on any atom is 0.257 e. The molecule has 0 bridgehead atoms. The fraction of sp³-hybridized carbons (Fsp3) is 0.474. The summed E-state index contributed by atoms with van der Waals surface area (Å²) in [6.45, 7) is 2.58. The standard InChI is InChI=1S/C19H25N3O5/c1-24-11-7-21(8-12-25-2)14-19(23)22-16(18-6-4-10-27-18)13-15(20-22)17-5-3-9-26-17/h3-6,9-10,16H,7-8,11-14H2,1-2H3.